The molecule has 23 heavy (non-hydrogen) atoms. The molecule has 3 rings (SSSR count). The van der Waals surface area contributed by atoms with E-state index in [1.54, 1.807) is 25.5 Å². The number of amidine groups is 1. The van der Waals surface area contributed by atoms with Crippen LogP contribution in [0.3, 0.4) is 0 Å². The van der Waals surface area contributed by atoms with Crippen molar-refractivity contribution in [3.63, 3.8) is 0 Å². The first kappa shape index (κ1) is 15.4. The fourth-order valence-electron chi connectivity index (χ4n) is 2.10. The third-order valence-corrected chi connectivity index (χ3v) is 4.28. The molecule has 2 heterocycles. The third kappa shape index (κ3) is 4.01. The molecule has 0 aliphatic carbocycles. The van der Waals surface area contributed by atoms with Gasteiger partial charge >= 0.3 is 0 Å². The number of nitrogens with one attached hydrogen (secondary N) is 1. The second-order valence-corrected chi connectivity index (χ2v) is 6.01. The highest BCUT2D eigenvalue weighted by atomic mass is 32.2. The van der Waals surface area contributed by atoms with Crippen molar-refractivity contribution in [1.82, 2.24) is 5.32 Å². The maximum atomic E-state index is 12.0. The predicted molar refractivity (Wildman–Crippen MR) is 90.0 cm³/mol. The molecule has 7 heteroatoms. The number of furan rings is 1. The van der Waals surface area contributed by atoms with E-state index in [1.165, 1.54) is 18.0 Å². The Kier molecular flexibility index (Phi) is 4.77. The van der Waals surface area contributed by atoms with Gasteiger partial charge in [-0.05, 0) is 36.2 Å². The minimum Gasteiger partial charge on any atom is -0.497 e. The van der Waals surface area contributed by atoms with E-state index in [0.717, 1.165) is 11.3 Å². The quantitative estimate of drug-likeness (QED) is 0.675. The summed E-state index contributed by atoms with van der Waals surface area (Å²) in [4.78, 5) is 12.0. The van der Waals surface area contributed by atoms with E-state index in [2.05, 4.69) is 15.5 Å². The molecule has 6 nitrogen and oxygen atoms in total. The molecule has 1 fully saturated rings. The fourth-order valence-corrected chi connectivity index (χ4v) is 3.07. The number of ether oxygens (including phenoxy) is 1. The van der Waals surface area contributed by atoms with Gasteiger partial charge in [0.1, 0.15) is 11.5 Å². The van der Waals surface area contributed by atoms with E-state index in [1.807, 2.05) is 24.3 Å². The van der Waals surface area contributed by atoms with Crippen molar-refractivity contribution in [2.24, 2.45) is 10.2 Å². The van der Waals surface area contributed by atoms with Gasteiger partial charge in [-0.3, -0.25) is 4.79 Å². The van der Waals surface area contributed by atoms with Crippen molar-refractivity contribution in [2.45, 2.75) is 11.7 Å². The lowest BCUT2D eigenvalue weighted by atomic mass is 10.1. The molecule has 2 aromatic rings. The summed E-state index contributed by atoms with van der Waals surface area (Å²) in [5.74, 6) is 1.32. The molecular weight excluding hydrogens is 314 g/mol. The maximum absolute atomic E-state index is 12.0. The Morgan fingerprint density at radius 2 is 2.30 bits per heavy atom. The van der Waals surface area contributed by atoms with Gasteiger partial charge in [0.05, 0.1) is 24.8 Å². The summed E-state index contributed by atoms with van der Waals surface area (Å²) in [7, 11) is 1.62. The number of hydrogen-bond donors (Lipinski definition) is 1. The van der Waals surface area contributed by atoms with Crippen molar-refractivity contribution in [3.05, 3.63) is 54.0 Å². The topological polar surface area (TPSA) is 76.2 Å². The first-order valence-corrected chi connectivity index (χ1v) is 7.87. The van der Waals surface area contributed by atoms with E-state index < -0.39 is 0 Å². The van der Waals surface area contributed by atoms with Crippen molar-refractivity contribution in [3.8, 4) is 5.75 Å². The summed E-state index contributed by atoms with van der Waals surface area (Å²) in [6.45, 7) is 0. The zero-order valence-corrected chi connectivity index (χ0v) is 13.2. The minimum atomic E-state index is -0.223. The SMILES string of the molecule is COc1cccc(CC2S/C(=N\N=C\c3ccco3)NC2=O)c1. The summed E-state index contributed by atoms with van der Waals surface area (Å²) < 4.78 is 10.3. The standard InChI is InChI=1S/C16H15N3O3S/c1-21-12-5-2-4-11(8-12)9-14-15(20)18-16(23-14)19-17-10-13-6-3-7-22-13/h2-8,10,14H,9H2,1H3,(H,18,19,20)/b17-10+. The highest BCUT2D eigenvalue weighted by Crippen LogP contribution is 2.24. The molecule has 0 spiro atoms. The summed E-state index contributed by atoms with van der Waals surface area (Å²) in [5, 5.41) is 10.9. The molecule has 1 atom stereocenters. The Balaban J connectivity index is 1.63. The molecule has 1 saturated heterocycles. The van der Waals surface area contributed by atoms with Crippen molar-refractivity contribution in [2.75, 3.05) is 7.11 Å². The largest absolute Gasteiger partial charge is 0.497 e. The lowest BCUT2D eigenvalue weighted by molar-refractivity contribution is -0.118. The number of methoxy groups -OCH3 is 1. The number of nitrogens with zero attached hydrogens (tertiary/aromatic N) is 2. The smallest absolute Gasteiger partial charge is 0.239 e. The van der Waals surface area contributed by atoms with Crippen LogP contribution in [-0.2, 0) is 11.2 Å². The lowest BCUT2D eigenvalue weighted by Gasteiger charge is -2.07. The molecular formula is C16H15N3O3S. The van der Waals surface area contributed by atoms with Gasteiger partial charge in [-0.2, -0.15) is 5.10 Å². The minimum absolute atomic E-state index is 0.0650. The molecule has 1 amide bonds. The average molecular weight is 329 g/mol. The van der Waals surface area contributed by atoms with E-state index >= 15 is 0 Å². The molecule has 1 aromatic heterocycles. The van der Waals surface area contributed by atoms with Crippen LogP contribution >= 0.6 is 11.8 Å². The summed E-state index contributed by atoms with van der Waals surface area (Å²) in [6.07, 6.45) is 3.66. The Bertz CT molecular complexity index is 741. The Hall–Kier alpha value is -2.54. The highest BCUT2D eigenvalue weighted by Gasteiger charge is 2.30. The van der Waals surface area contributed by atoms with Gasteiger partial charge in [0.2, 0.25) is 5.91 Å². The third-order valence-electron chi connectivity index (χ3n) is 3.21. The van der Waals surface area contributed by atoms with Crippen molar-refractivity contribution in [1.29, 1.82) is 0 Å². The van der Waals surface area contributed by atoms with Gasteiger partial charge in [-0.25, -0.2) is 0 Å². The van der Waals surface area contributed by atoms with Gasteiger partial charge in [-0.1, -0.05) is 23.9 Å². The monoisotopic (exact) mass is 329 g/mol. The summed E-state index contributed by atoms with van der Waals surface area (Å²) in [5.41, 5.74) is 1.04. The Labute approximate surface area is 137 Å². The molecule has 0 radical (unpaired) electrons. The zero-order chi connectivity index (χ0) is 16.1. The second-order valence-electron chi connectivity index (χ2n) is 4.82. The predicted octanol–water partition coefficient (Wildman–Crippen LogP) is 2.45. The van der Waals surface area contributed by atoms with Crippen LogP contribution in [0.5, 0.6) is 5.75 Å². The number of benzene rings is 1. The van der Waals surface area contributed by atoms with Crippen LogP contribution < -0.4 is 10.1 Å². The first-order chi connectivity index (χ1) is 11.2. The first-order valence-electron chi connectivity index (χ1n) is 6.99. The van der Waals surface area contributed by atoms with E-state index in [0.29, 0.717) is 17.3 Å². The van der Waals surface area contributed by atoms with Gasteiger partial charge in [0, 0.05) is 0 Å². The van der Waals surface area contributed by atoms with Gasteiger partial charge in [0.15, 0.2) is 5.17 Å². The van der Waals surface area contributed by atoms with Crippen LogP contribution in [0.4, 0.5) is 0 Å². The Morgan fingerprint density at radius 1 is 1.39 bits per heavy atom. The normalized spacial score (nSPS) is 19.4. The van der Waals surface area contributed by atoms with Crippen LogP contribution in [0.1, 0.15) is 11.3 Å². The van der Waals surface area contributed by atoms with Crippen LogP contribution in [-0.4, -0.2) is 29.6 Å². The molecule has 118 valence electrons. The van der Waals surface area contributed by atoms with Gasteiger partial charge in [0.25, 0.3) is 0 Å². The van der Waals surface area contributed by atoms with Crippen molar-refractivity contribution >= 4 is 29.1 Å². The van der Waals surface area contributed by atoms with Crippen molar-refractivity contribution < 1.29 is 13.9 Å². The van der Waals surface area contributed by atoms with Crippen LogP contribution in [0.15, 0.2) is 57.3 Å². The zero-order valence-electron chi connectivity index (χ0n) is 12.4. The van der Waals surface area contributed by atoms with Crippen LogP contribution in [0.25, 0.3) is 0 Å². The molecule has 1 aliphatic rings. The number of hydrogen-bond acceptors (Lipinski definition) is 6. The number of rotatable bonds is 5. The number of carbonyl (C=O) groups excluding carboxylic acids is 1. The average Bonchev–Trinajstić information content (AvgIpc) is 3.18. The number of carbonyl (C=O) groups is 1. The number of amides is 1. The Morgan fingerprint density at radius 3 is 3.09 bits per heavy atom. The second kappa shape index (κ2) is 7.15. The molecule has 0 saturated carbocycles. The summed E-state index contributed by atoms with van der Waals surface area (Å²) in [6, 6.07) is 11.2. The van der Waals surface area contributed by atoms with E-state index in [-0.39, 0.29) is 11.2 Å². The maximum Gasteiger partial charge on any atom is 0.239 e. The van der Waals surface area contributed by atoms with Gasteiger partial charge < -0.3 is 14.5 Å². The van der Waals surface area contributed by atoms with Gasteiger partial charge in [-0.15, -0.1) is 5.10 Å². The molecule has 1 aliphatic heterocycles. The fraction of sp³-hybridized carbons (Fsp3) is 0.188. The molecule has 1 unspecified atom stereocenters. The number of thioether (sulfide) groups is 1. The van der Waals surface area contributed by atoms with Crippen LogP contribution in [0, 0.1) is 0 Å². The van der Waals surface area contributed by atoms with E-state index in [4.69, 9.17) is 9.15 Å². The molecule has 1 aromatic carbocycles. The van der Waals surface area contributed by atoms with Crippen LogP contribution in [0.2, 0.25) is 0 Å². The summed E-state index contributed by atoms with van der Waals surface area (Å²) >= 11 is 1.37. The molecule has 1 N–H and O–H groups in total. The lowest BCUT2D eigenvalue weighted by Crippen LogP contribution is -2.25. The highest BCUT2D eigenvalue weighted by molar-refractivity contribution is 8.15. The molecule has 0 bridgehead atoms. The van der Waals surface area contributed by atoms with E-state index in [9.17, 15) is 4.79 Å².